The maximum Gasteiger partial charge on any atom is 0.340 e. The van der Waals surface area contributed by atoms with Crippen LogP contribution in [-0.2, 0) is 14.3 Å². The van der Waals surface area contributed by atoms with Crippen molar-refractivity contribution < 1.29 is 14.3 Å². The van der Waals surface area contributed by atoms with Crippen LogP contribution in [0.15, 0.2) is 0 Å². The van der Waals surface area contributed by atoms with Gasteiger partial charge in [0.1, 0.15) is 0 Å². The number of carbonyl (C=O) groups is 1. The minimum Gasteiger partial charge on any atom is -0.464 e. The van der Waals surface area contributed by atoms with Gasteiger partial charge in [0.15, 0.2) is 6.10 Å². The predicted molar refractivity (Wildman–Crippen MR) is 40.8 cm³/mol. The quantitative estimate of drug-likeness (QED) is 0.472. The summed E-state index contributed by atoms with van der Waals surface area (Å²) in [6, 6.07) is 0. The SMILES string of the molecule is CCOC(=O)C(C=N)OCC. The van der Waals surface area contributed by atoms with Gasteiger partial charge in [0.05, 0.1) is 6.61 Å². The fraction of sp³-hybridized carbons (Fsp3) is 0.714. The average molecular weight is 159 g/mol. The first-order chi connectivity index (χ1) is 5.26. The third kappa shape index (κ3) is 3.72. The third-order valence-corrected chi connectivity index (χ3v) is 1.02. The highest BCUT2D eigenvalue weighted by atomic mass is 16.6. The van der Waals surface area contributed by atoms with Crippen molar-refractivity contribution in [1.82, 2.24) is 0 Å². The van der Waals surface area contributed by atoms with E-state index in [9.17, 15) is 4.79 Å². The Bertz CT molecular complexity index is 136. The van der Waals surface area contributed by atoms with E-state index in [1.165, 1.54) is 0 Å². The molecule has 0 fully saturated rings. The molecule has 1 atom stereocenters. The highest BCUT2D eigenvalue weighted by Crippen LogP contribution is 1.91. The van der Waals surface area contributed by atoms with E-state index in [0.717, 1.165) is 6.21 Å². The number of hydrogen-bond donors (Lipinski definition) is 1. The van der Waals surface area contributed by atoms with E-state index in [4.69, 9.17) is 10.1 Å². The number of esters is 1. The minimum absolute atomic E-state index is 0.316. The Kier molecular flexibility index (Phi) is 5.37. The number of nitrogens with one attached hydrogen (secondary N) is 1. The molecule has 0 radical (unpaired) electrons. The Balaban J connectivity index is 3.81. The summed E-state index contributed by atoms with van der Waals surface area (Å²) in [5, 5.41) is 6.82. The topological polar surface area (TPSA) is 59.4 Å². The summed E-state index contributed by atoms with van der Waals surface area (Å²) < 4.78 is 9.52. The Morgan fingerprint density at radius 2 is 2.18 bits per heavy atom. The molecule has 1 N–H and O–H groups in total. The van der Waals surface area contributed by atoms with Gasteiger partial charge in [-0.15, -0.1) is 0 Å². The van der Waals surface area contributed by atoms with Gasteiger partial charge in [0.25, 0.3) is 0 Å². The predicted octanol–water partition coefficient (Wildman–Crippen LogP) is 0.604. The molecule has 0 heterocycles. The molecule has 0 aliphatic rings. The van der Waals surface area contributed by atoms with Crippen LogP contribution in [0.4, 0.5) is 0 Å². The first-order valence-electron chi connectivity index (χ1n) is 3.55. The lowest BCUT2D eigenvalue weighted by atomic mass is 10.4. The van der Waals surface area contributed by atoms with E-state index in [0.29, 0.717) is 13.2 Å². The van der Waals surface area contributed by atoms with Gasteiger partial charge >= 0.3 is 5.97 Å². The molecule has 0 saturated heterocycles. The summed E-state index contributed by atoms with van der Waals surface area (Å²) in [6.07, 6.45) is 0.0987. The van der Waals surface area contributed by atoms with Gasteiger partial charge in [-0.1, -0.05) is 0 Å². The van der Waals surface area contributed by atoms with E-state index in [1.54, 1.807) is 13.8 Å². The van der Waals surface area contributed by atoms with Crippen LogP contribution in [0.25, 0.3) is 0 Å². The van der Waals surface area contributed by atoms with E-state index in [1.807, 2.05) is 0 Å². The molecule has 4 heteroatoms. The van der Waals surface area contributed by atoms with Crippen LogP contribution >= 0.6 is 0 Å². The van der Waals surface area contributed by atoms with Crippen molar-refractivity contribution in [3.05, 3.63) is 0 Å². The fourth-order valence-electron chi connectivity index (χ4n) is 0.588. The molecule has 0 amide bonds. The molecule has 0 spiro atoms. The van der Waals surface area contributed by atoms with E-state index in [2.05, 4.69) is 4.74 Å². The molecular weight excluding hydrogens is 146 g/mol. The van der Waals surface area contributed by atoms with Gasteiger partial charge in [0.2, 0.25) is 0 Å². The molecule has 0 aromatic rings. The number of hydrogen-bond acceptors (Lipinski definition) is 4. The maximum absolute atomic E-state index is 10.9. The van der Waals surface area contributed by atoms with Crippen molar-refractivity contribution in [2.24, 2.45) is 0 Å². The van der Waals surface area contributed by atoms with Crippen molar-refractivity contribution in [2.45, 2.75) is 20.0 Å². The van der Waals surface area contributed by atoms with Gasteiger partial charge in [0, 0.05) is 12.8 Å². The lowest BCUT2D eigenvalue weighted by Gasteiger charge is -2.09. The summed E-state index contributed by atoms with van der Waals surface area (Å²) in [5.41, 5.74) is 0. The molecule has 4 nitrogen and oxygen atoms in total. The molecule has 64 valence electrons. The van der Waals surface area contributed by atoms with Gasteiger partial charge in [-0.3, -0.25) is 0 Å². The second kappa shape index (κ2) is 5.85. The summed E-state index contributed by atoms with van der Waals surface area (Å²) in [5.74, 6) is -0.496. The Morgan fingerprint density at radius 3 is 2.55 bits per heavy atom. The molecule has 0 aromatic carbocycles. The molecule has 11 heavy (non-hydrogen) atoms. The summed E-state index contributed by atoms with van der Waals surface area (Å²) in [4.78, 5) is 10.9. The van der Waals surface area contributed by atoms with Crippen LogP contribution < -0.4 is 0 Å². The van der Waals surface area contributed by atoms with E-state index >= 15 is 0 Å². The molecule has 0 aliphatic heterocycles. The van der Waals surface area contributed by atoms with E-state index < -0.39 is 12.1 Å². The molecule has 0 bridgehead atoms. The Labute approximate surface area is 66.0 Å². The van der Waals surface area contributed by atoms with Gasteiger partial charge in [-0.2, -0.15) is 0 Å². The van der Waals surface area contributed by atoms with Gasteiger partial charge < -0.3 is 14.9 Å². The highest BCUT2D eigenvalue weighted by Gasteiger charge is 2.15. The van der Waals surface area contributed by atoms with Crippen molar-refractivity contribution in [3.8, 4) is 0 Å². The van der Waals surface area contributed by atoms with Gasteiger partial charge in [-0.05, 0) is 13.8 Å². The molecule has 0 saturated carbocycles. The second-order valence-corrected chi connectivity index (χ2v) is 1.79. The summed E-state index contributed by atoms with van der Waals surface area (Å²) >= 11 is 0. The summed E-state index contributed by atoms with van der Waals surface area (Å²) in [7, 11) is 0. The van der Waals surface area contributed by atoms with Crippen LogP contribution in [0, 0.1) is 5.41 Å². The molecule has 1 unspecified atom stereocenters. The minimum atomic E-state index is -0.833. The summed E-state index contributed by atoms with van der Waals surface area (Å²) in [6.45, 7) is 4.19. The average Bonchev–Trinajstić information content (AvgIpc) is 2.00. The maximum atomic E-state index is 10.9. The molecule has 0 aliphatic carbocycles. The monoisotopic (exact) mass is 159 g/mol. The standard InChI is InChI=1S/C7H13NO3/c1-3-10-6(5-8)7(9)11-4-2/h5-6,8H,3-4H2,1-2H3. The zero-order chi connectivity index (χ0) is 8.69. The third-order valence-electron chi connectivity index (χ3n) is 1.02. The first kappa shape index (κ1) is 10.1. The highest BCUT2D eigenvalue weighted by molar-refractivity contribution is 5.91. The van der Waals surface area contributed by atoms with Crippen molar-refractivity contribution in [1.29, 1.82) is 5.41 Å². The van der Waals surface area contributed by atoms with Crippen molar-refractivity contribution in [2.75, 3.05) is 13.2 Å². The van der Waals surface area contributed by atoms with Crippen LogP contribution in [0.1, 0.15) is 13.8 Å². The van der Waals surface area contributed by atoms with Crippen molar-refractivity contribution in [3.63, 3.8) is 0 Å². The lowest BCUT2D eigenvalue weighted by Crippen LogP contribution is -2.27. The zero-order valence-electron chi connectivity index (χ0n) is 6.79. The normalized spacial score (nSPS) is 12.2. The Hall–Kier alpha value is -0.900. The zero-order valence-corrected chi connectivity index (χ0v) is 6.79. The van der Waals surface area contributed by atoms with E-state index in [-0.39, 0.29) is 0 Å². The van der Waals surface area contributed by atoms with Crippen molar-refractivity contribution >= 4 is 12.2 Å². The van der Waals surface area contributed by atoms with Crippen LogP contribution in [0.3, 0.4) is 0 Å². The van der Waals surface area contributed by atoms with Crippen LogP contribution in [-0.4, -0.2) is 31.5 Å². The number of rotatable bonds is 5. The molecule has 0 rings (SSSR count). The Morgan fingerprint density at radius 1 is 1.55 bits per heavy atom. The second-order valence-electron chi connectivity index (χ2n) is 1.79. The van der Waals surface area contributed by atoms with Gasteiger partial charge in [-0.25, -0.2) is 4.79 Å². The largest absolute Gasteiger partial charge is 0.464 e. The first-order valence-corrected chi connectivity index (χ1v) is 3.55. The molecular formula is C7H13NO3. The number of ether oxygens (including phenoxy) is 2. The lowest BCUT2D eigenvalue weighted by molar-refractivity contribution is -0.151. The molecule has 0 aromatic heterocycles. The fourth-order valence-corrected chi connectivity index (χ4v) is 0.588. The number of carbonyl (C=O) groups excluding carboxylic acids is 1. The van der Waals surface area contributed by atoms with Crippen LogP contribution in [0.2, 0.25) is 0 Å². The van der Waals surface area contributed by atoms with Crippen LogP contribution in [0.5, 0.6) is 0 Å². The smallest absolute Gasteiger partial charge is 0.340 e.